The van der Waals surface area contributed by atoms with Gasteiger partial charge in [-0.05, 0) is 30.7 Å². The van der Waals surface area contributed by atoms with Crippen LogP contribution in [-0.2, 0) is 0 Å². The Morgan fingerprint density at radius 2 is 2.19 bits per heavy atom. The number of pyridine rings is 1. The smallest absolute Gasteiger partial charge is 0.332 e. The lowest BCUT2D eigenvalue weighted by Crippen LogP contribution is -2.14. The minimum atomic E-state index is -0.208. The second kappa shape index (κ2) is 7.75. The number of hydrogen-bond donors (Lipinski definition) is 1. The Balaban J connectivity index is 1.64. The van der Waals surface area contributed by atoms with Crippen LogP contribution in [0.3, 0.4) is 0 Å². The molecule has 0 unspecified atom stereocenters. The third-order valence-electron chi connectivity index (χ3n) is 4.31. The van der Waals surface area contributed by atoms with Crippen molar-refractivity contribution in [1.82, 2.24) is 19.5 Å². The molecule has 0 bridgehead atoms. The number of nitrogens with zero attached hydrogens (tertiary/aromatic N) is 3. The number of imidazole rings is 1. The highest BCUT2D eigenvalue weighted by molar-refractivity contribution is 7.12. The van der Waals surface area contributed by atoms with Crippen LogP contribution in [0, 0.1) is 0 Å². The zero-order valence-electron chi connectivity index (χ0n) is 15.0. The van der Waals surface area contributed by atoms with E-state index in [0.29, 0.717) is 11.7 Å². The van der Waals surface area contributed by atoms with Crippen LogP contribution >= 0.6 is 11.3 Å². The van der Waals surface area contributed by atoms with Crippen molar-refractivity contribution in [3.63, 3.8) is 0 Å². The first-order chi connectivity index (χ1) is 13.3. The van der Waals surface area contributed by atoms with Crippen molar-refractivity contribution >= 4 is 22.4 Å². The minimum Gasteiger partial charge on any atom is -0.494 e. The van der Waals surface area contributed by atoms with Gasteiger partial charge in [0.25, 0.3) is 0 Å². The van der Waals surface area contributed by atoms with Gasteiger partial charge >= 0.3 is 5.69 Å². The predicted octanol–water partition coefficient (Wildman–Crippen LogP) is 4.41. The van der Waals surface area contributed by atoms with Gasteiger partial charge in [-0.25, -0.2) is 14.3 Å². The van der Waals surface area contributed by atoms with Crippen LogP contribution in [0.5, 0.6) is 5.75 Å². The normalized spacial score (nSPS) is 11.1. The number of hydrogen-bond acceptors (Lipinski definition) is 5. The second-order valence-electron chi connectivity index (χ2n) is 6.26. The molecule has 0 spiro atoms. The van der Waals surface area contributed by atoms with Crippen molar-refractivity contribution in [3.8, 4) is 22.1 Å². The first-order valence-corrected chi connectivity index (χ1v) is 9.88. The summed E-state index contributed by atoms with van der Waals surface area (Å²) in [7, 11) is 0. The van der Waals surface area contributed by atoms with Crippen molar-refractivity contribution in [3.05, 3.63) is 58.6 Å². The summed E-state index contributed by atoms with van der Waals surface area (Å²) in [5, 5.41) is 2.56. The molecule has 0 atom stereocenters. The molecule has 3 heterocycles. The zero-order chi connectivity index (χ0) is 18.6. The summed E-state index contributed by atoms with van der Waals surface area (Å²) in [6.45, 7) is 2.85. The Morgan fingerprint density at radius 3 is 3.00 bits per heavy atom. The van der Waals surface area contributed by atoms with E-state index in [1.807, 2.05) is 35.7 Å². The first-order valence-electron chi connectivity index (χ1n) is 9.00. The Hall–Kier alpha value is -2.93. The maximum absolute atomic E-state index is 12.5. The number of unbranched alkanes of at least 4 members (excludes halogenated alkanes) is 2. The standard InChI is InChI=1S/C20H20N4O2S/c1-2-3-4-10-26-15-7-8-18-16(11-15)22-19(25)24(18)20-23-17(13-27-20)14-6-5-9-21-12-14/h5-9,11-13H,2-4,10H2,1H3,(H,22,25). The molecule has 6 nitrogen and oxygen atoms in total. The van der Waals surface area contributed by atoms with Gasteiger partial charge in [-0.1, -0.05) is 19.8 Å². The van der Waals surface area contributed by atoms with Crippen molar-refractivity contribution in [2.24, 2.45) is 0 Å². The fraction of sp³-hybridized carbons (Fsp3) is 0.250. The van der Waals surface area contributed by atoms with Gasteiger partial charge in [-0.3, -0.25) is 4.98 Å². The molecule has 0 fully saturated rings. The molecule has 0 amide bonds. The van der Waals surface area contributed by atoms with E-state index >= 15 is 0 Å². The van der Waals surface area contributed by atoms with E-state index in [0.717, 1.165) is 47.3 Å². The van der Waals surface area contributed by atoms with Crippen molar-refractivity contribution < 1.29 is 4.74 Å². The summed E-state index contributed by atoms with van der Waals surface area (Å²) in [5.41, 5.74) is 3.05. The second-order valence-corrected chi connectivity index (χ2v) is 7.09. The quantitative estimate of drug-likeness (QED) is 0.482. The van der Waals surface area contributed by atoms with E-state index in [9.17, 15) is 4.79 Å². The fourth-order valence-corrected chi connectivity index (χ4v) is 3.77. The lowest BCUT2D eigenvalue weighted by atomic mass is 10.2. The van der Waals surface area contributed by atoms with Gasteiger partial charge in [0.15, 0.2) is 5.13 Å². The van der Waals surface area contributed by atoms with Gasteiger partial charge in [0.2, 0.25) is 0 Å². The van der Waals surface area contributed by atoms with E-state index in [1.165, 1.54) is 11.3 Å². The summed E-state index contributed by atoms with van der Waals surface area (Å²) in [4.78, 5) is 24.2. The van der Waals surface area contributed by atoms with Gasteiger partial charge in [-0.2, -0.15) is 0 Å². The number of benzene rings is 1. The van der Waals surface area contributed by atoms with Gasteiger partial charge in [0, 0.05) is 29.4 Å². The zero-order valence-corrected chi connectivity index (χ0v) is 15.8. The average molecular weight is 380 g/mol. The molecular weight excluding hydrogens is 360 g/mol. The van der Waals surface area contributed by atoms with Gasteiger partial charge in [0.1, 0.15) is 5.75 Å². The van der Waals surface area contributed by atoms with Crippen molar-refractivity contribution in [1.29, 1.82) is 0 Å². The largest absolute Gasteiger partial charge is 0.494 e. The van der Waals surface area contributed by atoms with Crippen LogP contribution in [0.4, 0.5) is 0 Å². The third kappa shape index (κ3) is 3.64. The summed E-state index contributed by atoms with van der Waals surface area (Å²) < 4.78 is 7.38. The molecule has 4 aromatic rings. The number of aromatic nitrogens is 4. The maximum Gasteiger partial charge on any atom is 0.332 e. The van der Waals surface area contributed by atoms with E-state index in [-0.39, 0.29) is 5.69 Å². The van der Waals surface area contributed by atoms with Crippen LogP contribution < -0.4 is 10.4 Å². The molecule has 7 heteroatoms. The Labute approximate surface area is 160 Å². The van der Waals surface area contributed by atoms with Crippen LogP contribution in [0.2, 0.25) is 0 Å². The first kappa shape index (κ1) is 17.5. The number of aromatic amines is 1. The molecule has 0 aliphatic carbocycles. The number of nitrogens with one attached hydrogen (secondary N) is 1. The van der Waals surface area contributed by atoms with Crippen LogP contribution in [0.25, 0.3) is 27.4 Å². The van der Waals surface area contributed by atoms with Gasteiger partial charge < -0.3 is 9.72 Å². The highest BCUT2D eigenvalue weighted by Gasteiger charge is 2.14. The Morgan fingerprint density at radius 1 is 1.26 bits per heavy atom. The van der Waals surface area contributed by atoms with Crippen LogP contribution in [-0.4, -0.2) is 26.1 Å². The number of rotatable bonds is 7. The fourth-order valence-electron chi connectivity index (χ4n) is 2.93. The molecule has 1 N–H and O–H groups in total. The molecule has 138 valence electrons. The van der Waals surface area contributed by atoms with E-state index < -0.39 is 0 Å². The third-order valence-corrected chi connectivity index (χ3v) is 5.14. The predicted molar refractivity (Wildman–Crippen MR) is 108 cm³/mol. The number of thiazole rings is 1. The maximum atomic E-state index is 12.5. The molecule has 27 heavy (non-hydrogen) atoms. The highest BCUT2D eigenvalue weighted by Crippen LogP contribution is 2.26. The van der Waals surface area contributed by atoms with Crippen LogP contribution in [0.15, 0.2) is 52.9 Å². The molecule has 4 rings (SSSR count). The Bertz CT molecular complexity index is 1100. The molecule has 3 aromatic heterocycles. The molecule has 0 saturated carbocycles. The average Bonchev–Trinajstić information content (AvgIpc) is 3.29. The number of fused-ring (bicyclic) bond motifs is 1. The molecular formula is C20H20N4O2S. The monoisotopic (exact) mass is 380 g/mol. The number of H-pyrrole nitrogens is 1. The lowest BCUT2D eigenvalue weighted by molar-refractivity contribution is 0.306. The highest BCUT2D eigenvalue weighted by atomic mass is 32.1. The molecule has 0 aliphatic heterocycles. The molecule has 0 saturated heterocycles. The summed E-state index contributed by atoms with van der Waals surface area (Å²) in [6.07, 6.45) is 6.83. The summed E-state index contributed by atoms with van der Waals surface area (Å²) in [6, 6.07) is 9.48. The van der Waals surface area contributed by atoms with Crippen molar-refractivity contribution in [2.45, 2.75) is 26.2 Å². The van der Waals surface area contributed by atoms with E-state index in [2.05, 4.69) is 21.9 Å². The molecule has 0 radical (unpaired) electrons. The van der Waals surface area contributed by atoms with E-state index in [1.54, 1.807) is 17.0 Å². The van der Waals surface area contributed by atoms with Gasteiger partial charge in [-0.15, -0.1) is 11.3 Å². The lowest BCUT2D eigenvalue weighted by Gasteiger charge is -2.06. The van der Waals surface area contributed by atoms with Gasteiger partial charge in [0.05, 0.1) is 23.3 Å². The SMILES string of the molecule is CCCCCOc1ccc2c(c1)[nH]c(=O)n2-c1nc(-c2cccnc2)cs1. The summed E-state index contributed by atoms with van der Waals surface area (Å²) in [5.74, 6) is 0.766. The minimum absolute atomic E-state index is 0.208. The number of ether oxygens (including phenoxy) is 1. The topological polar surface area (TPSA) is 72.8 Å². The molecule has 1 aromatic carbocycles. The summed E-state index contributed by atoms with van der Waals surface area (Å²) >= 11 is 1.43. The van der Waals surface area contributed by atoms with Crippen LogP contribution in [0.1, 0.15) is 26.2 Å². The molecule has 0 aliphatic rings. The Kier molecular flexibility index (Phi) is 5.02. The van der Waals surface area contributed by atoms with Crippen molar-refractivity contribution in [2.75, 3.05) is 6.61 Å². The van der Waals surface area contributed by atoms with E-state index in [4.69, 9.17) is 4.74 Å².